The molecule has 0 amide bonds. The third kappa shape index (κ3) is 3.73. The van der Waals surface area contributed by atoms with Crippen molar-refractivity contribution >= 4 is 12.8 Å². The van der Waals surface area contributed by atoms with Gasteiger partial charge in [0.1, 0.15) is 11.6 Å². The van der Waals surface area contributed by atoms with Crippen LogP contribution in [-0.4, -0.2) is 34.1 Å². The largest absolute Gasteiger partial charge is 0.509 e. The van der Waals surface area contributed by atoms with Gasteiger partial charge in [-0.25, -0.2) is 4.99 Å². The summed E-state index contributed by atoms with van der Waals surface area (Å²) in [7, 11) is 0. The summed E-state index contributed by atoms with van der Waals surface area (Å²) in [6.45, 7) is 16.3. The Morgan fingerprint density at radius 1 is 1.17 bits per heavy atom. The minimum atomic E-state index is -0.00812. The van der Waals surface area contributed by atoms with Crippen LogP contribution in [0.4, 0.5) is 0 Å². The van der Waals surface area contributed by atoms with Crippen molar-refractivity contribution in [3.05, 3.63) is 74.0 Å². The lowest BCUT2D eigenvalue weighted by Crippen LogP contribution is -2.58. The fourth-order valence-corrected chi connectivity index (χ4v) is 3.42. The van der Waals surface area contributed by atoms with Crippen molar-refractivity contribution in [2.24, 2.45) is 4.99 Å². The van der Waals surface area contributed by atoms with Crippen LogP contribution in [0.3, 0.4) is 0 Å². The summed E-state index contributed by atoms with van der Waals surface area (Å²) >= 11 is 0. The maximum absolute atomic E-state index is 9.76. The molecule has 0 aromatic carbocycles. The predicted molar refractivity (Wildman–Crippen MR) is 104 cm³/mol. The number of fused-ring (bicyclic) bond motifs is 1. The molecule has 0 atom stereocenters. The Balaban J connectivity index is 2.63. The summed E-state index contributed by atoms with van der Waals surface area (Å²) < 4.78 is 0. The van der Waals surface area contributed by atoms with Gasteiger partial charge in [0.05, 0.1) is 0 Å². The van der Waals surface area contributed by atoms with Gasteiger partial charge in [0.15, 0.2) is 0 Å². The molecule has 0 spiro atoms. The average molecular weight is 323 g/mol. The van der Waals surface area contributed by atoms with Crippen molar-refractivity contribution in [2.75, 3.05) is 6.54 Å². The molecule has 2 fully saturated rings. The quantitative estimate of drug-likeness (QED) is 0.615. The first-order valence-electron chi connectivity index (χ1n) is 8.43. The van der Waals surface area contributed by atoms with Crippen molar-refractivity contribution in [2.45, 2.75) is 32.0 Å². The average Bonchev–Trinajstić information content (AvgIpc) is 2.52. The number of aliphatic hydroxyl groups excluding tert-OH is 1. The number of rotatable bonds is 4. The van der Waals surface area contributed by atoms with Crippen LogP contribution < -0.4 is 0 Å². The number of nitrogens with zero attached hydrogens (tertiary/aromatic N) is 3. The highest BCUT2D eigenvalue weighted by Gasteiger charge is 2.40. The molecular weight excluding hydrogens is 297 g/mol. The standard InChI is InChI=1S/C19H26BN3O/c1-5-12-18-17(15-16(4)24)19(21-6-2)22(7-3)20-13-10-8-9-11-14-23(18)20/h5-7,12,15,24H,1-4,8-11,13-14H2/b17-15+,18-12+,21-19-. The minimum Gasteiger partial charge on any atom is -0.509 e. The lowest BCUT2D eigenvalue weighted by molar-refractivity contribution is 0.427. The Labute approximate surface area is 145 Å². The smallest absolute Gasteiger partial charge is 0.380 e. The zero-order chi connectivity index (χ0) is 17.5. The van der Waals surface area contributed by atoms with Crippen LogP contribution in [0.25, 0.3) is 0 Å². The predicted octanol–water partition coefficient (Wildman–Crippen LogP) is 4.42. The number of amidine groups is 1. The molecule has 0 aliphatic carbocycles. The summed E-state index contributed by atoms with van der Waals surface area (Å²) in [5, 5.41) is 9.76. The number of aliphatic hydroxyl groups is 1. The summed E-state index contributed by atoms with van der Waals surface area (Å²) in [6.07, 6.45) is 14.5. The fourth-order valence-electron chi connectivity index (χ4n) is 3.42. The molecule has 126 valence electrons. The van der Waals surface area contributed by atoms with Gasteiger partial charge >= 0.3 is 6.98 Å². The highest BCUT2D eigenvalue weighted by molar-refractivity contribution is 6.59. The maximum Gasteiger partial charge on any atom is 0.380 e. The van der Waals surface area contributed by atoms with Crippen molar-refractivity contribution in [1.82, 2.24) is 9.62 Å². The second-order valence-corrected chi connectivity index (χ2v) is 5.94. The van der Waals surface area contributed by atoms with E-state index in [1.165, 1.54) is 25.5 Å². The van der Waals surface area contributed by atoms with Crippen LogP contribution in [-0.2, 0) is 0 Å². The van der Waals surface area contributed by atoms with Gasteiger partial charge in [-0.2, -0.15) is 0 Å². The second kappa shape index (κ2) is 8.43. The van der Waals surface area contributed by atoms with Gasteiger partial charge in [-0.15, -0.1) is 0 Å². The van der Waals surface area contributed by atoms with Gasteiger partial charge in [0.25, 0.3) is 0 Å². The van der Waals surface area contributed by atoms with Crippen LogP contribution in [0.5, 0.6) is 0 Å². The Hall–Kier alpha value is -2.43. The fraction of sp³-hybridized carbons (Fsp3) is 0.316. The lowest BCUT2D eigenvalue weighted by atomic mass is 9.62. The first-order valence-corrected chi connectivity index (χ1v) is 8.43. The van der Waals surface area contributed by atoms with Crippen molar-refractivity contribution in [1.29, 1.82) is 0 Å². The number of hydrogen-bond acceptors (Lipinski definition) is 3. The highest BCUT2D eigenvalue weighted by atomic mass is 16.3. The van der Waals surface area contributed by atoms with E-state index >= 15 is 0 Å². The molecule has 24 heavy (non-hydrogen) atoms. The van der Waals surface area contributed by atoms with Crippen molar-refractivity contribution in [3.63, 3.8) is 0 Å². The number of hydrogen-bond donors (Lipinski definition) is 1. The number of aliphatic imine (C=N–C) groups is 1. The topological polar surface area (TPSA) is 39.1 Å². The molecule has 0 unspecified atom stereocenters. The summed E-state index contributed by atoms with van der Waals surface area (Å²) in [5.74, 6) is 0.719. The van der Waals surface area contributed by atoms with E-state index in [2.05, 4.69) is 40.9 Å². The monoisotopic (exact) mass is 323 g/mol. The molecular formula is C19H26BN3O. The zero-order valence-corrected chi connectivity index (χ0v) is 14.3. The third-order valence-electron chi connectivity index (χ3n) is 4.36. The Kier molecular flexibility index (Phi) is 6.30. The minimum absolute atomic E-state index is 0.00812. The zero-order valence-electron chi connectivity index (χ0n) is 14.3. The molecule has 2 rings (SSSR count). The van der Waals surface area contributed by atoms with Crippen molar-refractivity contribution < 1.29 is 5.11 Å². The molecule has 0 saturated carbocycles. The molecule has 2 aliphatic rings. The molecule has 0 radical (unpaired) electrons. The highest BCUT2D eigenvalue weighted by Crippen LogP contribution is 2.33. The summed E-state index contributed by atoms with van der Waals surface area (Å²) in [6, 6.07) is 0. The first kappa shape index (κ1) is 17.9. The van der Waals surface area contributed by atoms with E-state index in [9.17, 15) is 5.11 Å². The Bertz CT molecular complexity index is 618. The Morgan fingerprint density at radius 2 is 1.92 bits per heavy atom. The van der Waals surface area contributed by atoms with E-state index in [-0.39, 0.29) is 12.7 Å². The van der Waals surface area contributed by atoms with Gasteiger partial charge < -0.3 is 14.7 Å². The van der Waals surface area contributed by atoms with Gasteiger partial charge in [-0.1, -0.05) is 51.7 Å². The molecule has 2 saturated heterocycles. The van der Waals surface area contributed by atoms with Gasteiger partial charge in [-0.05, 0) is 31.1 Å². The normalized spacial score (nSPS) is 23.7. The van der Waals surface area contributed by atoms with Crippen LogP contribution in [0.2, 0.25) is 6.32 Å². The summed E-state index contributed by atoms with van der Waals surface area (Å²) in [4.78, 5) is 8.89. The van der Waals surface area contributed by atoms with E-state index in [4.69, 9.17) is 0 Å². The van der Waals surface area contributed by atoms with Crippen LogP contribution in [0.1, 0.15) is 25.7 Å². The van der Waals surface area contributed by atoms with Crippen molar-refractivity contribution in [3.8, 4) is 0 Å². The van der Waals surface area contributed by atoms with Gasteiger partial charge in [0, 0.05) is 24.0 Å². The molecule has 0 aromatic heterocycles. The molecule has 5 heteroatoms. The Morgan fingerprint density at radius 3 is 2.54 bits per heavy atom. The molecule has 2 heterocycles. The molecule has 4 nitrogen and oxygen atoms in total. The van der Waals surface area contributed by atoms with E-state index in [1.54, 1.807) is 18.4 Å². The van der Waals surface area contributed by atoms with Crippen LogP contribution in [0.15, 0.2) is 79.0 Å². The molecule has 2 aliphatic heterocycles. The van der Waals surface area contributed by atoms with E-state index in [0.29, 0.717) is 0 Å². The summed E-state index contributed by atoms with van der Waals surface area (Å²) in [5.41, 5.74) is 1.81. The SMILES string of the molecule is C=C\C=C1C(=C\C(=C)O)/C(=N/C=C)N(C=C)B2CCCCCCN2/1. The number of allylic oxidation sites excluding steroid dienone is 3. The third-order valence-corrected chi connectivity index (χ3v) is 4.36. The van der Waals surface area contributed by atoms with E-state index < -0.39 is 0 Å². The van der Waals surface area contributed by atoms with E-state index in [1.807, 2.05) is 6.08 Å². The maximum atomic E-state index is 9.76. The first-order chi connectivity index (χ1) is 11.6. The second-order valence-electron chi connectivity index (χ2n) is 5.94. The molecule has 1 N–H and O–H groups in total. The van der Waals surface area contributed by atoms with Gasteiger partial charge in [-0.3, -0.25) is 0 Å². The lowest BCUT2D eigenvalue weighted by Gasteiger charge is -2.46. The van der Waals surface area contributed by atoms with Crippen LogP contribution in [0, 0.1) is 0 Å². The van der Waals surface area contributed by atoms with E-state index in [0.717, 1.165) is 36.4 Å². The molecule has 0 aromatic rings. The molecule has 0 bridgehead atoms. The van der Waals surface area contributed by atoms with Gasteiger partial charge in [0.2, 0.25) is 0 Å². The van der Waals surface area contributed by atoms with Crippen LogP contribution >= 0.6 is 0 Å².